The fourth-order valence-electron chi connectivity index (χ4n) is 1.39. The predicted octanol–water partition coefficient (Wildman–Crippen LogP) is 1.28. The van der Waals surface area contributed by atoms with E-state index in [2.05, 4.69) is 22.5 Å². The number of aromatic nitrogens is 3. The topological polar surface area (TPSA) is 66.0 Å². The SMILES string of the molecule is COCCCCn1nnc(C(N)=S)c1C(F)F. The molecule has 5 nitrogen and oxygen atoms in total. The Morgan fingerprint density at radius 3 is 2.76 bits per heavy atom. The zero-order valence-corrected chi connectivity index (χ0v) is 10.2. The highest BCUT2D eigenvalue weighted by atomic mass is 32.1. The Balaban J connectivity index is 2.74. The molecule has 0 aliphatic carbocycles. The van der Waals surface area contributed by atoms with Gasteiger partial charge in [0.05, 0.1) is 0 Å². The van der Waals surface area contributed by atoms with E-state index in [1.165, 1.54) is 0 Å². The first-order valence-corrected chi connectivity index (χ1v) is 5.49. The molecule has 8 heteroatoms. The van der Waals surface area contributed by atoms with Gasteiger partial charge in [-0.3, -0.25) is 0 Å². The van der Waals surface area contributed by atoms with Crippen molar-refractivity contribution in [1.29, 1.82) is 0 Å². The summed E-state index contributed by atoms with van der Waals surface area (Å²) in [5, 5.41) is 7.21. The van der Waals surface area contributed by atoms with Gasteiger partial charge in [0.15, 0.2) is 0 Å². The summed E-state index contributed by atoms with van der Waals surface area (Å²) in [6, 6.07) is 0. The van der Waals surface area contributed by atoms with Gasteiger partial charge in [-0.15, -0.1) is 5.10 Å². The molecule has 0 fully saturated rings. The Hall–Kier alpha value is -1.15. The minimum Gasteiger partial charge on any atom is -0.388 e. The number of halogens is 2. The number of rotatable bonds is 7. The van der Waals surface area contributed by atoms with Crippen LogP contribution in [0.5, 0.6) is 0 Å². The lowest BCUT2D eigenvalue weighted by atomic mass is 10.3. The van der Waals surface area contributed by atoms with Gasteiger partial charge < -0.3 is 10.5 Å². The molecule has 0 spiro atoms. The fourth-order valence-corrected chi connectivity index (χ4v) is 1.53. The maximum Gasteiger partial charge on any atom is 0.282 e. The van der Waals surface area contributed by atoms with E-state index < -0.39 is 6.43 Å². The smallest absolute Gasteiger partial charge is 0.282 e. The summed E-state index contributed by atoms with van der Waals surface area (Å²) in [5.41, 5.74) is 4.90. The first-order chi connectivity index (χ1) is 8.07. The van der Waals surface area contributed by atoms with Crippen molar-refractivity contribution in [3.63, 3.8) is 0 Å². The summed E-state index contributed by atoms with van der Waals surface area (Å²) in [6.07, 6.45) is -1.25. The number of thiocarbonyl (C=S) groups is 1. The molecule has 1 aromatic rings. The molecule has 0 aliphatic rings. The number of hydrogen-bond donors (Lipinski definition) is 1. The molecular formula is C9H14F2N4OS. The van der Waals surface area contributed by atoms with Crippen molar-refractivity contribution in [3.8, 4) is 0 Å². The van der Waals surface area contributed by atoms with Crippen LogP contribution >= 0.6 is 12.2 Å². The predicted molar refractivity (Wildman–Crippen MR) is 62.0 cm³/mol. The molecule has 0 atom stereocenters. The van der Waals surface area contributed by atoms with Gasteiger partial charge in [-0.05, 0) is 12.8 Å². The molecule has 0 bridgehead atoms. The second-order valence-corrected chi connectivity index (χ2v) is 3.85. The molecule has 0 saturated carbocycles. The van der Waals surface area contributed by atoms with Crippen LogP contribution in [0.4, 0.5) is 8.78 Å². The van der Waals surface area contributed by atoms with E-state index in [9.17, 15) is 8.78 Å². The number of methoxy groups -OCH3 is 1. The van der Waals surface area contributed by atoms with E-state index in [-0.39, 0.29) is 16.4 Å². The maximum absolute atomic E-state index is 12.8. The normalized spacial score (nSPS) is 11.1. The molecule has 1 heterocycles. The lowest BCUT2D eigenvalue weighted by Gasteiger charge is -2.06. The summed E-state index contributed by atoms with van der Waals surface area (Å²) in [4.78, 5) is -0.163. The lowest BCUT2D eigenvalue weighted by Crippen LogP contribution is -2.14. The standard InChI is InChI=1S/C9H14F2N4OS/c1-16-5-3-2-4-15-7(8(10)11)6(9(12)17)13-14-15/h8H,2-5H2,1H3,(H2,12,17). The molecule has 0 radical (unpaired) electrons. The monoisotopic (exact) mass is 264 g/mol. The summed E-state index contributed by atoms with van der Waals surface area (Å²) < 4.78 is 31.6. The van der Waals surface area contributed by atoms with Crippen LogP contribution in [0.25, 0.3) is 0 Å². The number of aryl methyl sites for hydroxylation is 1. The highest BCUT2D eigenvalue weighted by Gasteiger charge is 2.22. The van der Waals surface area contributed by atoms with Crippen molar-refractivity contribution < 1.29 is 13.5 Å². The van der Waals surface area contributed by atoms with Crippen LogP contribution in [0, 0.1) is 0 Å². The molecular weight excluding hydrogens is 250 g/mol. The minimum absolute atomic E-state index is 0.0956. The van der Waals surface area contributed by atoms with Crippen molar-refractivity contribution in [2.24, 2.45) is 5.73 Å². The molecule has 0 unspecified atom stereocenters. The maximum atomic E-state index is 12.8. The molecule has 0 aromatic carbocycles. The third-order valence-corrected chi connectivity index (χ3v) is 2.38. The molecule has 0 amide bonds. The van der Waals surface area contributed by atoms with Crippen molar-refractivity contribution >= 4 is 17.2 Å². The summed E-state index contributed by atoms with van der Waals surface area (Å²) in [5.74, 6) is 0. The number of alkyl halides is 2. The van der Waals surface area contributed by atoms with E-state index >= 15 is 0 Å². The number of hydrogen-bond acceptors (Lipinski definition) is 4. The average Bonchev–Trinajstić information content (AvgIpc) is 2.68. The Morgan fingerprint density at radius 1 is 1.53 bits per heavy atom. The van der Waals surface area contributed by atoms with Crippen LogP contribution in [0.1, 0.15) is 30.7 Å². The number of unbranched alkanes of at least 4 members (excludes halogenated alkanes) is 1. The molecule has 96 valence electrons. The van der Waals surface area contributed by atoms with Crippen LogP contribution in [-0.2, 0) is 11.3 Å². The van der Waals surface area contributed by atoms with Crippen molar-refractivity contribution in [2.45, 2.75) is 25.8 Å². The van der Waals surface area contributed by atoms with E-state index in [1.54, 1.807) is 7.11 Å². The molecule has 0 saturated heterocycles. The van der Waals surface area contributed by atoms with Crippen LogP contribution < -0.4 is 5.73 Å². The Bertz CT molecular complexity index is 383. The highest BCUT2D eigenvalue weighted by molar-refractivity contribution is 7.80. The van der Waals surface area contributed by atoms with Crippen LogP contribution in [0.3, 0.4) is 0 Å². The third kappa shape index (κ3) is 3.67. The van der Waals surface area contributed by atoms with Gasteiger partial charge in [-0.1, -0.05) is 17.4 Å². The van der Waals surface area contributed by atoms with Crippen LogP contribution in [0.2, 0.25) is 0 Å². The minimum atomic E-state index is -2.69. The Morgan fingerprint density at radius 2 is 2.24 bits per heavy atom. The first-order valence-electron chi connectivity index (χ1n) is 5.08. The third-order valence-electron chi connectivity index (χ3n) is 2.18. The van der Waals surface area contributed by atoms with Crippen LogP contribution in [-0.4, -0.2) is 33.7 Å². The fraction of sp³-hybridized carbons (Fsp3) is 0.667. The van der Waals surface area contributed by atoms with E-state index in [1.807, 2.05) is 0 Å². The zero-order chi connectivity index (χ0) is 12.8. The molecule has 0 aliphatic heterocycles. The number of nitrogens with zero attached hydrogens (tertiary/aromatic N) is 3. The molecule has 1 aromatic heterocycles. The van der Waals surface area contributed by atoms with Crippen molar-refractivity contribution in [3.05, 3.63) is 11.4 Å². The van der Waals surface area contributed by atoms with Gasteiger partial charge in [0.1, 0.15) is 16.4 Å². The van der Waals surface area contributed by atoms with Crippen molar-refractivity contribution in [2.75, 3.05) is 13.7 Å². The number of nitrogens with two attached hydrogens (primary N) is 1. The first kappa shape index (κ1) is 13.9. The van der Waals surface area contributed by atoms with E-state index in [0.29, 0.717) is 19.6 Å². The lowest BCUT2D eigenvalue weighted by molar-refractivity contribution is 0.137. The van der Waals surface area contributed by atoms with Gasteiger partial charge in [-0.2, -0.15) is 0 Å². The Kier molecular flexibility index (Phi) is 5.36. The van der Waals surface area contributed by atoms with Gasteiger partial charge >= 0.3 is 0 Å². The van der Waals surface area contributed by atoms with Gasteiger partial charge in [0.25, 0.3) is 6.43 Å². The summed E-state index contributed by atoms with van der Waals surface area (Å²) in [6.45, 7) is 0.930. The quantitative estimate of drug-likeness (QED) is 0.593. The zero-order valence-electron chi connectivity index (χ0n) is 9.40. The highest BCUT2D eigenvalue weighted by Crippen LogP contribution is 2.21. The van der Waals surface area contributed by atoms with Gasteiger partial charge in [0, 0.05) is 20.3 Å². The van der Waals surface area contributed by atoms with Crippen molar-refractivity contribution in [1.82, 2.24) is 15.0 Å². The summed E-state index contributed by atoms with van der Waals surface area (Å²) in [7, 11) is 1.59. The number of ether oxygens (including phenoxy) is 1. The van der Waals surface area contributed by atoms with E-state index in [4.69, 9.17) is 10.5 Å². The molecule has 1 rings (SSSR count). The average molecular weight is 264 g/mol. The van der Waals surface area contributed by atoms with Gasteiger partial charge in [-0.25, -0.2) is 13.5 Å². The van der Waals surface area contributed by atoms with Crippen LogP contribution in [0.15, 0.2) is 0 Å². The largest absolute Gasteiger partial charge is 0.388 e. The van der Waals surface area contributed by atoms with Gasteiger partial charge in [0.2, 0.25) is 0 Å². The molecule has 2 N–H and O–H groups in total. The second-order valence-electron chi connectivity index (χ2n) is 3.41. The summed E-state index contributed by atoms with van der Waals surface area (Å²) >= 11 is 4.64. The second kappa shape index (κ2) is 6.55. The molecule has 17 heavy (non-hydrogen) atoms. The van der Waals surface area contributed by atoms with E-state index in [0.717, 1.165) is 11.1 Å². The Labute approximate surface area is 103 Å².